The van der Waals surface area contributed by atoms with E-state index in [4.69, 9.17) is 4.74 Å². The Labute approximate surface area is 318 Å². The molecule has 0 atom stereocenters. The van der Waals surface area contributed by atoms with Crippen LogP contribution in [-0.2, 0) is 0 Å². The second-order valence-corrected chi connectivity index (χ2v) is 14.0. The average molecular weight is 711 g/mol. The third kappa shape index (κ3) is 5.59. The molecule has 0 unspecified atom stereocenters. The molecule has 0 spiro atoms. The van der Waals surface area contributed by atoms with E-state index in [9.17, 15) is 10.0 Å². The van der Waals surface area contributed by atoms with E-state index in [0.717, 1.165) is 39.1 Å². The van der Waals surface area contributed by atoms with Crippen molar-refractivity contribution >= 4 is 56.2 Å². The normalized spacial score (nSPS) is 11.5. The van der Waals surface area contributed by atoms with Crippen LogP contribution in [0.5, 0.6) is 11.5 Å². The van der Waals surface area contributed by atoms with Crippen LogP contribution >= 0.6 is 0 Å². The van der Waals surface area contributed by atoms with Gasteiger partial charge in [0, 0.05) is 32.9 Å². The van der Waals surface area contributed by atoms with Gasteiger partial charge in [-0.1, -0.05) is 97.1 Å². The molecule has 0 aliphatic carbocycles. The highest BCUT2D eigenvalue weighted by Crippen LogP contribution is 2.39. The maximum Gasteiger partial charge on any atom is 0.488 e. The van der Waals surface area contributed by atoms with Crippen LogP contribution in [0, 0.1) is 6.92 Å². The van der Waals surface area contributed by atoms with Gasteiger partial charge in [-0.3, -0.25) is 0 Å². The lowest BCUT2D eigenvalue weighted by molar-refractivity contribution is 0.424. The highest BCUT2D eigenvalue weighted by atomic mass is 16.5. The Morgan fingerprint density at radius 2 is 0.873 bits per heavy atom. The molecule has 10 rings (SSSR count). The summed E-state index contributed by atoms with van der Waals surface area (Å²) in [6.07, 6.45) is 0. The highest BCUT2D eigenvalue weighted by molar-refractivity contribution is 6.59. The van der Waals surface area contributed by atoms with Gasteiger partial charge in [-0.15, -0.1) is 0 Å². The zero-order valence-corrected chi connectivity index (χ0v) is 30.1. The summed E-state index contributed by atoms with van der Waals surface area (Å²) in [4.78, 5) is 0. The molecule has 5 nitrogen and oxygen atoms in total. The molecule has 0 aliphatic rings. The molecule has 0 radical (unpaired) electrons. The molecular weight excluding hydrogens is 675 g/mol. The average Bonchev–Trinajstić information content (AvgIpc) is 3.74. The molecule has 0 saturated heterocycles. The van der Waals surface area contributed by atoms with Gasteiger partial charge in [0.25, 0.3) is 0 Å². The van der Waals surface area contributed by atoms with Crippen LogP contribution in [0.25, 0.3) is 77.2 Å². The number of ether oxygens (including phenoxy) is 1. The molecule has 55 heavy (non-hydrogen) atoms. The first-order valence-corrected chi connectivity index (χ1v) is 18.5. The van der Waals surface area contributed by atoms with E-state index in [2.05, 4.69) is 161 Å². The Hall–Kier alpha value is -6.86. The smallest absolute Gasteiger partial charge is 0.457 e. The zero-order valence-electron chi connectivity index (χ0n) is 30.1. The number of rotatable bonds is 7. The largest absolute Gasteiger partial charge is 0.488 e. The highest BCUT2D eigenvalue weighted by Gasteiger charge is 2.18. The van der Waals surface area contributed by atoms with Crippen molar-refractivity contribution in [2.45, 2.75) is 6.92 Å². The van der Waals surface area contributed by atoms with Crippen molar-refractivity contribution in [2.75, 3.05) is 0 Å². The van der Waals surface area contributed by atoms with Crippen LogP contribution in [-0.4, -0.2) is 26.3 Å². The van der Waals surface area contributed by atoms with Gasteiger partial charge in [-0.05, 0) is 125 Å². The van der Waals surface area contributed by atoms with Crippen molar-refractivity contribution in [3.05, 3.63) is 188 Å². The molecule has 0 saturated carbocycles. The van der Waals surface area contributed by atoms with Crippen LogP contribution in [0.3, 0.4) is 0 Å². The zero-order chi connectivity index (χ0) is 37.0. The molecule has 2 N–H and O–H groups in total. The fraction of sp³-hybridized carbons (Fsp3) is 0.0204. The summed E-state index contributed by atoms with van der Waals surface area (Å²) in [5, 5.41) is 24.3. The lowest BCUT2D eigenvalue weighted by atomic mass is 9.77. The summed E-state index contributed by atoms with van der Waals surface area (Å²) >= 11 is 0. The summed E-state index contributed by atoms with van der Waals surface area (Å²) in [5.41, 5.74) is 12.6. The summed E-state index contributed by atoms with van der Waals surface area (Å²) in [7, 11) is -1.55. The van der Waals surface area contributed by atoms with Crippen LogP contribution < -0.4 is 10.2 Å². The van der Waals surface area contributed by atoms with Crippen LogP contribution in [0.4, 0.5) is 0 Å². The molecule has 2 aromatic heterocycles. The van der Waals surface area contributed by atoms with Gasteiger partial charge in [-0.25, -0.2) is 0 Å². The van der Waals surface area contributed by atoms with Gasteiger partial charge >= 0.3 is 7.12 Å². The summed E-state index contributed by atoms with van der Waals surface area (Å²) in [6, 6.07) is 63.5. The fourth-order valence-corrected chi connectivity index (χ4v) is 8.11. The van der Waals surface area contributed by atoms with E-state index in [1.807, 2.05) is 25.1 Å². The summed E-state index contributed by atoms with van der Waals surface area (Å²) < 4.78 is 10.9. The third-order valence-electron chi connectivity index (χ3n) is 10.8. The Bertz CT molecular complexity index is 3040. The van der Waals surface area contributed by atoms with Crippen molar-refractivity contribution in [3.8, 4) is 45.1 Å². The summed E-state index contributed by atoms with van der Waals surface area (Å²) in [5.74, 6) is 1.26. The topological polar surface area (TPSA) is 59.5 Å². The molecule has 262 valence electrons. The molecule has 0 fully saturated rings. The van der Waals surface area contributed by atoms with Crippen molar-refractivity contribution in [3.63, 3.8) is 0 Å². The number of nitrogens with zero attached hydrogens (tertiary/aromatic N) is 2. The maximum absolute atomic E-state index is 9.75. The summed E-state index contributed by atoms with van der Waals surface area (Å²) in [6.45, 7) is 1.83. The van der Waals surface area contributed by atoms with Gasteiger partial charge < -0.3 is 23.9 Å². The van der Waals surface area contributed by atoms with Gasteiger partial charge in [-0.2, -0.15) is 0 Å². The molecule has 0 bridgehead atoms. The minimum atomic E-state index is -1.55. The quantitative estimate of drug-likeness (QED) is 0.162. The van der Waals surface area contributed by atoms with E-state index in [-0.39, 0.29) is 0 Å². The predicted octanol–water partition coefficient (Wildman–Crippen LogP) is 11.0. The first kappa shape index (κ1) is 32.8. The standard InChI is InChI=1S/C49H35BN2O3/c1-32-44(50(53)54)16-10-18-49(32)55-39-24-19-33(20-25-39)34-21-26-47-42(29-34)43-31-36(23-28-48(43)52(47)38-13-6-3-7-14-38)35-22-27-46-41(30-35)40-15-8-9-17-45(40)51(46)37-11-4-2-5-12-37/h2-31,53-54H,1H3. The Morgan fingerprint density at radius 3 is 1.42 bits per heavy atom. The molecular formula is C49H35BN2O3. The molecule has 2 heterocycles. The van der Waals surface area contributed by atoms with Crippen molar-refractivity contribution in [1.82, 2.24) is 9.13 Å². The lowest BCUT2D eigenvalue weighted by Gasteiger charge is -2.12. The first-order chi connectivity index (χ1) is 27.0. The molecule has 10 aromatic rings. The number of benzene rings is 8. The SMILES string of the molecule is Cc1c(Oc2ccc(-c3ccc4c(c3)c3cc(-c5ccc6c(c5)c5ccccc5n6-c5ccccc5)ccc3n4-c3ccccc3)cc2)cccc1B(O)O. The molecule has 0 amide bonds. The molecule has 8 aromatic carbocycles. The van der Waals surface area contributed by atoms with Crippen molar-refractivity contribution in [1.29, 1.82) is 0 Å². The van der Waals surface area contributed by atoms with Crippen molar-refractivity contribution in [2.24, 2.45) is 0 Å². The predicted molar refractivity (Wildman–Crippen MR) is 227 cm³/mol. The minimum absolute atomic E-state index is 0.427. The van der Waals surface area contributed by atoms with Crippen LogP contribution in [0.15, 0.2) is 182 Å². The number of para-hydroxylation sites is 3. The number of hydrogen-bond acceptors (Lipinski definition) is 3. The van der Waals surface area contributed by atoms with Gasteiger partial charge in [0.15, 0.2) is 0 Å². The number of aromatic nitrogens is 2. The number of fused-ring (bicyclic) bond motifs is 6. The van der Waals surface area contributed by atoms with E-state index < -0.39 is 7.12 Å². The Kier molecular flexibility index (Phi) is 7.88. The van der Waals surface area contributed by atoms with Gasteiger partial charge in [0.2, 0.25) is 0 Å². The first-order valence-electron chi connectivity index (χ1n) is 18.5. The lowest BCUT2D eigenvalue weighted by Crippen LogP contribution is -2.32. The Morgan fingerprint density at radius 1 is 0.418 bits per heavy atom. The monoisotopic (exact) mass is 710 g/mol. The second kappa shape index (κ2) is 13.2. The second-order valence-electron chi connectivity index (χ2n) is 14.0. The number of hydrogen-bond donors (Lipinski definition) is 2. The van der Waals surface area contributed by atoms with Crippen LogP contribution in [0.1, 0.15) is 5.56 Å². The molecule has 6 heteroatoms. The fourth-order valence-electron chi connectivity index (χ4n) is 8.11. The minimum Gasteiger partial charge on any atom is -0.457 e. The van der Waals surface area contributed by atoms with E-state index in [1.54, 1.807) is 12.1 Å². The van der Waals surface area contributed by atoms with Gasteiger partial charge in [0.1, 0.15) is 11.5 Å². The Balaban J connectivity index is 1.08. The third-order valence-corrected chi connectivity index (χ3v) is 10.8. The van der Waals surface area contributed by atoms with Gasteiger partial charge in [0.05, 0.1) is 22.1 Å². The molecule has 0 aliphatic heterocycles. The van der Waals surface area contributed by atoms with E-state index in [1.165, 1.54) is 38.1 Å². The van der Waals surface area contributed by atoms with Crippen molar-refractivity contribution < 1.29 is 14.8 Å². The van der Waals surface area contributed by atoms with E-state index >= 15 is 0 Å². The van der Waals surface area contributed by atoms with E-state index in [0.29, 0.717) is 22.5 Å². The maximum atomic E-state index is 9.75. The van der Waals surface area contributed by atoms with Crippen LogP contribution in [0.2, 0.25) is 0 Å².